The number of ether oxygens (including phenoxy) is 1. The summed E-state index contributed by atoms with van der Waals surface area (Å²) in [4.78, 5) is 0. The molecule has 2 nitrogen and oxygen atoms in total. The van der Waals surface area contributed by atoms with Gasteiger partial charge in [-0.1, -0.05) is 18.2 Å². The first-order valence-electron chi connectivity index (χ1n) is 4.68. The van der Waals surface area contributed by atoms with Crippen LogP contribution in [0.4, 0.5) is 22.0 Å². The molecule has 0 fully saturated rings. The third-order valence-electron chi connectivity index (χ3n) is 1.98. The van der Waals surface area contributed by atoms with Crippen molar-refractivity contribution in [1.29, 1.82) is 0 Å². The maximum atomic E-state index is 12.1. The second-order valence-electron chi connectivity index (χ2n) is 3.32. The molecular formula is C10H11ClF5NO. The minimum Gasteiger partial charge on any atom is -0.405 e. The summed E-state index contributed by atoms with van der Waals surface area (Å²) < 4.78 is 64.0. The molecule has 1 atom stereocenters. The molecular weight excluding hydrogens is 281 g/mol. The van der Waals surface area contributed by atoms with E-state index in [4.69, 9.17) is 5.73 Å². The average molecular weight is 292 g/mol. The van der Waals surface area contributed by atoms with E-state index in [0.29, 0.717) is 0 Å². The van der Waals surface area contributed by atoms with E-state index in [1.807, 2.05) is 0 Å². The van der Waals surface area contributed by atoms with E-state index >= 15 is 0 Å². The zero-order valence-electron chi connectivity index (χ0n) is 8.95. The predicted molar refractivity (Wildman–Crippen MR) is 57.9 cm³/mol. The Morgan fingerprint density at radius 1 is 1.17 bits per heavy atom. The van der Waals surface area contributed by atoms with Gasteiger partial charge in [-0.3, -0.25) is 0 Å². The first-order valence-corrected chi connectivity index (χ1v) is 4.68. The SMILES string of the molecule is Cl.N[C@@H](CC(F)F)c1ccccc1OC(F)(F)F. The fraction of sp³-hybridized carbons (Fsp3) is 0.400. The lowest BCUT2D eigenvalue weighted by Gasteiger charge is -2.17. The van der Waals surface area contributed by atoms with Crippen LogP contribution in [0.2, 0.25) is 0 Å². The summed E-state index contributed by atoms with van der Waals surface area (Å²) >= 11 is 0. The minimum atomic E-state index is -4.87. The molecule has 18 heavy (non-hydrogen) atoms. The Hall–Kier alpha value is -1.08. The van der Waals surface area contributed by atoms with Gasteiger partial charge >= 0.3 is 6.36 Å². The van der Waals surface area contributed by atoms with Crippen molar-refractivity contribution < 1.29 is 26.7 Å². The zero-order valence-corrected chi connectivity index (χ0v) is 9.77. The highest BCUT2D eigenvalue weighted by Gasteiger charge is 2.32. The highest BCUT2D eigenvalue weighted by molar-refractivity contribution is 5.85. The Morgan fingerprint density at radius 2 is 1.72 bits per heavy atom. The molecule has 0 unspecified atom stereocenters. The maximum absolute atomic E-state index is 12.1. The van der Waals surface area contributed by atoms with E-state index in [9.17, 15) is 22.0 Å². The van der Waals surface area contributed by atoms with E-state index in [0.717, 1.165) is 6.07 Å². The summed E-state index contributed by atoms with van der Waals surface area (Å²) in [5.41, 5.74) is 5.30. The molecule has 2 N–H and O–H groups in total. The monoisotopic (exact) mass is 291 g/mol. The van der Waals surface area contributed by atoms with Crippen molar-refractivity contribution in [3.05, 3.63) is 29.8 Å². The van der Waals surface area contributed by atoms with Gasteiger partial charge in [0, 0.05) is 18.0 Å². The predicted octanol–water partition coefficient (Wildman–Crippen LogP) is 3.66. The second kappa shape index (κ2) is 6.75. The Labute approximate surface area is 106 Å². The molecule has 0 bridgehead atoms. The normalized spacial score (nSPS) is 13.1. The Kier molecular flexibility index (Phi) is 6.34. The molecule has 1 aromatic rings. The van der Waals surface area contributed by atoms with Crippen molar-refractivity contribution in [2.45, 2.75) is 25.3 Å². The average Bonchev–Trinajstić information content (AvgIpc) is 2.14. The van der Waals surface area contributed by atoms with E-state index < -0.39 is 31.0 Å². The van der Waals surface area contributed by atoms with Crippen LogP contribution in [0.5, 0.6) is 5.75 Å². The standard InChI is InChI=1S/C10H10F5NO.ClH/c11-9(12)5-7(16)6-3-1-2-4-8(6)17-10(13,14)15;/h1-4,7,9H,5,16H2;1H/t7-;/m0./s1. The molecule has 0 amide bonds. The van der Waals surface area contributed by atoms with Crippen molar-refractivity contribution >= 4 is 12.4 Å². The summed E-state index contributed by atoms with van der Waals surface area (Å²) in [6.45, 7) is 0. The first kappa shape index (κ1) is 16.9. The molecule has 0 aliphatic heterocycles. The zero-order chi connectivity index (χ0) is 13.1. The van der Waals surface area contributed by atoms with Crippen LogP contribution in [-0.2, 0) is 0 Å². The third-order valence-corrected chi connectivity index (χ3v) is 1.98. The molecule has 0 radical (unpaired) electrons. The smallest absolute Gasteiger partial charge is 0.405 e. The molecule has 0 aliphatic carbocycles. The molecule has 0 heterocycles. The Balaban J connectivity index is 0.00000289. The molecule has 0 aliphatic rings. The van der Waals surface area contributed by atoms with Crippen LogP contribution >= 0.6 is 12.4 Å². The quantitative estimate of drug-likeness (QED) is 0.859. The van der Waals surface area contributed by atoms with Crippen LogP contribution in [0.3, 0.4) is 0 Å². The number of para-hydroxylation sites is 1. The van der Waals surface area contributed by atoms with Gasteiger partial charge < -0.3 is 10.5 Å². The van der Waals surface area contributed by atoms with Crippen molar-refractivity contribution in [2.24, 2.45) is 5.73 Å². The third kappa shape index (κ3) is 5.50. The topological polar surface area (TPSA) is 35.2 Å². The van der Waals surface area contributed by atoms with E-state index in [-0.39, 0.29) is 18.0 Å². The molecule has 1 aromatic carbocycles. The van der Waals surface area contributed by atoms with Crippen LogP contribution < -0.4 is 10.5 Å². The van der Waals surface area contributed by atoms with Crippen molar-refractivity contribution in [1.82, 2.24) is 0 Å². The number of benzene rings is 1. The van der Waals surface area contributed by atoms with Crippen molar-refractivity contribution in [3.63, 3.8) is 0 Å². The highest BCUT2D eigenvalue weighted by Crippen LogP contribution is 2.31. The highest BCUT2D eigenvalue weighted by atomic mass is 35.5. The van der Waals surface area contributed by atoms with Crippen LogP contribution in [0, 0.1) is 0 Å². The van der Waals surface area contributed by atoms with Gasteiger partial charge in [-0.2, -0.15) is 0 Å². The molecule has 0 saturated heterocycles. The van der Waals surface area contributed by atoms with Crippen molar-refractivity contribution in [2.75, 3.05) is 0 Å². The van der Waals surface area contributed by atoms with Gasteiger partial charge in [-0.05, 0) is 6.07 Å². The Morgan fingerprint density at radius 3 is 2.22 bits per heavy atom. The number of hydrogen-bond donors (Lipinski definition) is 1. The molecule has 0 saturated carbocycles. The summed E-state index contributed by atoms with van der Waals surface area (Å²) in [5.74, 6) is -0.548. The molecule has 0 aromatic heterocycles. The van der Waals surface area contributed by atoms with E-state index in [2.05, 4.69) is 4.74 Å². The largest absolute Gasteiger partial charge is 0.573 e. The lowest BCUT2D eigenvalue weighted by molar-refractivity contribution is -0.275. The summed E-state index contributed by atoms with van der Waals surface area (Å²) in [6, 6.07) is 3.78. The van der Waals surface area contributed by atoms with Gasteiger partial charge in [-0.25, -0.2) is 8.78 Å². The lowest BCUT2D eigenvalue weighted by atomic mass is 10.0. The van der Waals surface area contributed by atoms with Gasteiger partial charge in [0.1, 0.15) is 5.75 Å². The number of alkyl halides is 5. The van der Waals surface area contributed by atoms with Crippen LogP contribution in [0.1, 0.15) is 18.0 Å². The van der Waals surface area contributed by atoms with Crippen LogP contribution in [0.25, 0.3) is 0 Å². The molecule has 1 rings (SSSR count). The lowest BCUT2D eigenvalue weighted by Crippen LogP contribution is -2.21. The second-order valence-corrected chi connectivity index (χ2v) is 3.32. The van der Waals surface area contributed by atoms with Gasteiger partial charge in [0.15, 0.2) is 0 Å². The Bertz CT molecular complexity index is 372. The molecule has 104 valence electrons. The van der Waals surface area contributed by atoms with Gasteiger partial charge in [0.2, 0.25) is 6.43 Å². The van der Waals surface area contributed by atoms with Crippen LogP contribution in [-0.4, -0.2) is 12.8 Å². The first-order chi connectivity index (χ1) is 7.79. The maximum Gasteiger partial charge on any atom is 0.573 e. The number of nitrogens with two attached hydrogens (primary N) is 1. The van der Waals surface area contributed by atoms with Crippen molar-refractivity contribution in [3.8, 4) is 5.75 Å². The van der Waals surface area contributed by atoms with Gasteiger partial charge in [-0.15, -0.1) is 25.6 Å². The van der Waals surface area contributed by atoms with Crippen LogP contribution in [0.15, 0.2) is 24.3 Å². The minimum absolute atomic E-state index is 0. The fourth-order valence-corrected chi connectivity index (χ4v) is 1.32. The molecule has 0 spiro atoms. The number of hydrogen-bond acceptors (Lipinski definition) is 2. The number of halogens is 6. The van der Waals surface area contributed by atoms with Gasteiger partial charge in [0.25, 0.3) is 0 Å². The number of rotatable bonds is 4. The van der Waals surface area contributed by atoms with Gasteiger partial charge in [0.05, 0.1) is 0 Å². The summed E-state index contributed by atoms with van der Waals surface area (Å²) in [7, 11) is 0. The van der Waals surface area contributed by atoms with E-state index in [1.165, 1.54) is 18.2 Å². The fourth-order valence-electron chi connectivity index (χ4n) is 1.32. The molecule has 8 heteroatoms. The van der Waals surface area contributed by atoms with E-state index in [1.54, 1.807) is 0 Å². The summed E-state index contributed by atoms with van der Waals surface area (Å²) in [5, 5.41) is 0. The summed E-state index contributed by atoms with van der Waals surface area (Å²) in [6.07, 6.45) is -8.29.